The molecule has 9 aliphatic carbocycles. The Morgan fingerprint density at radius 2 is 0.605 bits per heavy atom. The maximum absolute atomic E-state index is 6.45. The summed E-state index contributed by atoms with van der Waals surface area (Å²) >= 11 is 0. The van der Waals surface area contributed by atoms with Gasteiger partial charge < -0.3 is 13.3 Å². The molecule has 6 bridgehead atoms. The Kier molecular flexibility index (Phi) is 17.0. The normalized spacial score (nSPS) is 16.4. The van der Waals surface area contributed by atoms with E-state index in [0.29, 0.717) is 23.1 Å². The van der Waals surface area contributed by atoms with E-state index in [9.17, 15) is 0 Å². The van der Waals surface area contributed by atoms with Crippen molar-refractivity contribution in [3.63, 3.8) is 0 Å². The fourth-order valence-corrected chi connectivity index (χ4v) is 23.8. The Hall–Kier alpha value is -15.1. The Morgan fingerprint density at radius 3 is 1.09 bits per heavy atom. The summed E-state index contributed by atoms with van der Waals surface area (Å²) in [5.41, 5.74) is 56.2. The highest BCUT2D eigenvalue weighted by atomic mass is 16.3. The number of hydrogen-bond donors (Lipinski definition) is 0. The quantitative estimate of drug-likeness (QED) is 0.154. The van der Waals surface area contributed by atoms with Gasteiger partial charge in [0.15, 0.2) is 35.3 Å². The van der Waals surface area contributed by atoms with Gasteiger partial charge in [-0.2, -0.15) is 0 Å². The number of aryl methyl sites for hydroxylation is 12. The zero-order valence-electron chi connectivity index (χ0n) is 74.3. The van der Waals surface area contributed by atoms with Crippen LogP contribution in [0.4, 0.5) is 0 Å². The second kappa shape index (κ2) is 28.7. The molecule has 0 spiro atoms. The van der Waals surface area contributed by atoms with Crippen molar-refractivity contribution >= 4 is 66.2 Å². The van der Waals surface area contributed by atoms with E-state index in [4.69, 9.17) is 13.3 Å². The van der Waals surface area contributed by atoms with Gasteiger partial charge in [0, 0.05) is 121 Å². The van der Waals surface area contributed by atoms with Crippen LogP contribution < -0.4 is 13.7 Å². The molecule has 9 aromatic heterocycles. The molecular weight excluding hydrogens is 1570 g/mol. The number of pyridine rings is 6. The summed E-state index contributed by atoms with van der Waals surface area (Å²) in [6.07, 6.45) is 10.3. The first-order valence-corrected chi connectivity index (χ1v) is 45.3. The molecule has 0 amide bonds. The van der Waals surface area contributed by atoms with Crippen LogP contribution in [0.3, 0.4) is 0 Å². The summed E-state index contributed by atoms with van der Waals surface area (Å²) in [7, 11) is 6.38. The Balaban J connectivity index is 0.000000105. The molecule has 9 aliphatic rings. The van der Waals surface area contributed by atoms with Gasteiger partial charge in [0.25, 0.3) is 0 Å². The zero-order chi connectivity index (χ0) is 86.9. The second-order valence-corrected chi connectivity index (χ2v) is 37.2. The molecule has 618 valence electrons. The van der Waals surface area contributed by atoms with E-state index in [1.54, 1.807) is 12.4 Å². The monoisotopic (exact) mass is 1670 g/mol. The van der Waals surface area contributed by atoms with Crippen LogP contribution in [-0.2, 0) is 21.1 Å². The third-order valence-corrected chi connectivity index (χ3v) is 29.6. The van der Waals surface area contributed by atoms with Crippen LogP contribution in [0.25, 0.3) is 133 Å². The van der Waals surface area contributed by atoms with Gasteiger partial charge >= 0.3 is 0 Å². The predicted molar refractivity (Wildman–Crippen MR) is 518 cm³/mol. The van der Waals surface area contributed by atoms with Gasteiger partial charge in [-0.25, -0.2) is 28.7 Å². The van der Waals surface area contributed by atoms with Gasteiger partial charge in [-0.3, -0.25) is 0 Å². The van der Waals surface area contributed by atoms with E-state index in [1.807, 2.05) is 19.1 Å². The van der Waals surface area contributed by atoms with Crippen molar-refractivity contribution in [1.29, 1.82) is 0 Å². The van der Waals surface area contributed by atoms with Crippen LogP contribution in [-0.4, -0.2) is 15.0 Å². The van der Waals surface area contributed by atoms with Gasteiger partial charge in [-0.15, -0.1) is 0 Å². The van der Waals surface area contributed by atoms with Crippen molar-refractivity contribution < 1.29 is 27.0 Å². The lowest BCUT2D eigenvalue weighted by Crippen LogP contribution is -2.31. The lowest BCUT2D eigenvalue weighted by atomic mass is 9.60. The van der Waals surface area contributed by atoms with Crippen molar-refractivity contribution in [2.24, 2.45) is 21.1 Å². The molecule has 9 nitrogen and oxygen atoms in total. The summed E-state index contributed by atoms with van der Waals surface area (Å²) in [5.74, 6) is 1.62. The van der Waals surface area contributed by atoms with Crippen molar-refractivity contribution in [3.05, 3.63) is 460 Å². The molecule has 9 heterocycles. The number of nitrogens with zero attached hydrogens (tertiary/aromatic N) is 6. The SMILES string of the molecule is Cc1ccc2c(c1)C1c3ccccc3C2c2cc(-c3cc(-c4c(C)ccc5c4oc4ncccc45)[n+](C)cc3C)cc(C)c21.Cc1ccc2c(c1)C1c3ccccc3C2c2cc(-c3cc(-c4c(C)ccc5c4oc4ncccc45)[n+](C)cc3C)ccc21.Cc1ccc2c(n1)oc1c(-c3cc(-c4ccc5c(c4)C4c6ccccc6C5c5ccccc54)cc[n+]3C)c(C)ccc12. The third-order valence-electron chi connectivity index (χ3n) is 29.6. The smallest absolute Gasteiger partial charge is 0.227 e. The van der Waals surface area contributed by atoms with Gasteiger partial charge in [0.05, 0.1) is 16.7 Å². The fourth-order valence-electron chi connectivity index (χ4n) is 23.8. The summed E-state index contributed by atoms with van der Waals surface area (Å²) in [6.45, 7) is 19.7. The minimum absolute atomic E-state index is 0.249. The van der Waals surface area contributed by atoms with Crippen LogP contribution in [0.15, 0.2) is 323 Å². The number of fused-ring (bicyclic) bond motifs is 9. The predicted octanol–water partition coefficient (Wildman–Crippen LogP) is 27.2. The lowest BCUT2D eigenvalue weighted by Gasteiger charge is -2.43. The summed E-state index contributed by atoms with van der Waals surface area (Å²) in [4.78, 5) is 13.7. The number of benzene rings is 12. The number of furan rings is 3. The van der Waals surface area contributed by atoms with E-state index in [2.05, 4.69) is 391 Å². The maximum Gasteiger partial charge on any atom is 0.227 e. The van der Waals surface area contributed by atoms with E-state index < -0.39 is 0 Å². The second-order valence-electron chi connectivity index (χ2n) is 37.2. The Morgan fingerprint density at radius 1 is 0.248 bits per heavy atom. The van der Waals surface area contributed by atoms with E-state index in [-0.39, 0.29) is 29.6 Å². The topological polar surface area (TPSA) is 89.7 Å². The molecule has 0 saturated carbocycles. The van der Waals surface area contributed by atoms with Crippen LogP contribution in [0, 0.1) is 62.3 Å². The molecule has 0 fully saturated rings. The first-order chi connectivity index (χ1) is 62.9. The van der Waals surface area contributed by atoms with E-state index in [0.717, 1.165) is 88.5 Å². The van der Waals surface area contributed by atoms with Crippen molar-refractivity contribution in [2.75, 3.05) is 0 Å². The molecular formula is C120H93N6O3+3. The van der Waals surface area contributed by atoms with E-state index >= 15 is 0 Å². The highest BCUT2D eigenvalue weighted by Crippen LogP contribution is 2.61. The first-order valence-electron chi connectivity index (χ1n) is 45.3. The van der Waals surface area contributed by atoms with Crippen molar-refractivity contribution in [3.8, 4) is 67.2 Å². The van der Waals surface area contributed by atoms with Gasteiger partial charge in [0.1, 0.15) is 21.1 Å². The third kappa shape index (κ3) is 11.5. The lowest BCUT2D eigenvalue weighted by molar-refractivity contribution is -0.660. The van der Waals surface area contributed by atoms with Gasteiger partial charge in [-0.05, 0) is 273 Å². The van der Waals surface area contributed by atoms with Gasteiger partial charge in [-0.1, -0.05) is 211 Å². The highest BCUT2D eigenvalue weighted by Gasteiger charge is 2.46. The Bertz CT molecular complexity index is 8430. The first kappa shape index (κ1) is 76.4. The molecule has 12 aromatic carbocycles. The summed E-state index contributed by atoms with van der Waals surface area (Å²) in [5, 5.41) is 6.46. The Labute approximate surface area is 749 Å². The van der Waals surface area contributed by atoms with Crippen LogP contribution in [0.2, 0.25) is 0 Å². The van der Waals surface area contributed by atoms with Crippen molar-refractivity contribution in [1.82, 2.24) is 15.0 Å². The molecule has 30 rings (SSSR count). The average Bonchev–Trinajstić information content (AvgIpc) is 1.61. The zero-order valence-corrected chi connectivity index (χ0v) is 74.3. The maximum atomic E-state index is 6.45. The molecule has 0 radical (unpaired) electrons. The minimum Gasteiger partial charge on any atom is -0.437 e. The molecule has 0 saturated heterocycles. The van der Waals surface area contributed by atoms with Crippen LogP contribution >= 0.6 is 0 Å². The average molecular weight is 1670 g/mol. The summed E-state index contributed by atoms with van der Waals surface area (Å²) in [6, 6.07) is 104. The summed E-state index contributed by atoms with van der Waals surface area (Å²) < 4.78 is 26.0. The number of hydrogen-bond acceptors (Lipinski definition) is 6. The van der Waals surface area contributed by atoms with Crippen LogP contribution in [0.1, 0.15) is 186 Å². The molecule has 4 unspecified atom stereocenters. The van der Waals surface area contributed by atoms with Gasteiger partial charge in [0.2, 0.25) is 34.2 Å². The molecule has 4 atom stereocenters. The molecule has 129 heavy (non-hydrogen) atoms. The van der Waals surface area contributed by atoms with E-state index in [1.165, 1.54) is 178 Å². The minimum atomic E-state index is 0.249. The standard InChI is InChI=1S/C41H33N2O.C40H31N2O.C39H29N2O/c1-22-12-14-29-33(17-22)39-28-10-7-6-9-27(28)38(29)34-19-26(18-24(3)36(34)39)32-20-35(43(5)21-25(32)4)37-23(2)13-15-30-31-11-8-16-42-41(31)44-40(30)37;1-22-11-14-28-33(18-22)37-26-8-5-6-9-27(26)38(28)34-19-25(13-16-29(34)37)32-20-35(42(4)21-24(32)3)36-23(2)12-15-30-31-10-7-17-41-40(31)43-39(30)36;1-22-12-15-31-32-16-13-23(2)40-39(32)42-38(31)35(22)34-21-25(18-19-41(34)3)24-14-17-30-33(20-24)37-28-10-6-4-8-26(28)36(30)27-9-5-7-11-29(27)37/h6-21,38-39H,1-5H3;5-21,37-38H,1-4H3;4-21,36-37H,1-3H3/q3*+1. The number of rotatable bonds is 6. The van der Waals surface area contributed by atoms with Crippen LogP contribution in [0.5, 0.6) is 0 Å². The molecule has 0 aliphatic heterocycles. The van der Waals surface area contributed by atoms with Crippen molar-refractivity contribution in [2.45, 2.75) is 97.8 Å². The fraction of sp³-hybridized carbons (Fsp3) is 0.150. The molecule has 21 aromatic rings. The molecule has 0 N–H and O–H groups in total. The largest absolute Gasteiger partial charge is 0.437 e. The molecule has 9 heteroatoms. The highest BCUT2D eigenvalue weighted by molar-refractivity contribution is 6.11. The number of aromatic nitrogens is 6.